The molecule has 0 aliphatic carbocycles. The first kappa shape index (κ1) is 14.2. The molecule has 0 fully saturated rings. The van der Waals surface area contributed by atoms with Crippen molar-refractivity contribution in [3.05, 3.63) is 23.4 Å². The van der Waals surface area contributed by atoms with Gasteiger partial charge in [0.2, 0.25) is 11.7 Å². The van der Waals surface area contributed by atoms with Crippen molar-refractivity contribution < 1.29 is 9.26 Å². The normalized spacial score (nSPS) is 12.7. The average molecular weight is 281 g/mol. The average Bonchev–Trinajstić information content (AvgIpc) is 3.06. The Hall–Kier alpha value is -1.24. The van der Waals surface area contributed by atoms with E-state index in [0.717, 1.165) is 17.8 Å². The van der Waals surface area contributed by atoms with Crippen molar-refractivity contribution in [2.24, 2.45) is 0 Å². The molecule has 0 aliphatic heterocycles. The molecule has 5 nitrogen and oxygen atoms in total. The second-order valence-corrected chi connectivity index (χ2v) is 5.25. The van der Waals surface area contributed by atoms with Crippen LogP contribution in [-0.4, -0.2) is 36.4 Å². The number of aromatic nitrogens is 2. The Kier molecular flexibility index (Phi) is 5.50. The van der Waals surface area contributed by atoms with Crippen molar-refractivity contribution in [1.29, 1.82) is 0 Å². The van der Waals surface area contributed by atoms with E-state index < -0.39 is 0 Å². The lowest BCUT2D eigenvalue weighted by Crippen LogP contribution is -2.35. The lowest BCUT2D eigenvalue weighted by molar-refractivity contribution is 0.161. The van der Waals surface area contributed by atoms with E-state index in [1.807, 2.05) is 17.5 Å². The summed E-state index contributed by atoms with van der Waals surface area (Å²) < 4.78 is 10.5. The van der Waals surface area contributed by atoms with Gasteiger partial charge in [0.25, 0.3) is 0 Å². The van der Waals surface area contributed by atoms with Gasteiger partial charge in [0.05, 0.1) is 11.5 Å². The van der Waals surface area contributed by atoms with Gasteiger partial charge in [-0.3, -0.25) is 0 Å². The first-order chi connectivity index (χ1) is 9.33. The summed E-state index contributed by atoms with van der Waals surface area (Å²) in [5, 5.41) is 9.42. The highest BCUT2D eigenvalue weighted by molar-refractivity contribution is 7.13. The largest absolute Gasteiger partial charge is 0.383 e. The van der Waals surface area contributed by atoms with Gasteiger partial charge in [-0.05, 0) is 24.4 Å². The van der Waals surface area contributed by atoms with Gasteiger partial charge < -0.3 is 14.6 Å². The van der Waals surface area contributed by atoms with E-state index in [4.69, 9.17) is 9.26 Å². The Balaban J connectivity index is 1.97. The maximum Gasteiger partial charge on any atom is 0.228 e. The molecule has 0 spiro atoms. The Morgan fingerprint density at radius 1 is 1.53 bits per heavy atom. The SMILES string of the molecule is CCCNC(COC)Cc1nc(-c2cccs2)no1. The number of nitrogens with one attached hydrogen (secondary N) is 1. The Morgan fingerprint density at radius 3 is 3.11 bits per heavy atom. The van der Waals surface area contributed by atoms with E-state index in [1.165, 1.54) is 0 Å². The minimum Gasteiger partial charge on any atom is -0.383 e. The van der Waals surface area contributed by atoms with E-state index >= 15 is 0 Å². The van der Waals surface area contributed by atoms with Crippen LogP contribution in [0.25, 0.3) is 10.7 Å². The fourth-order valence-electron chi connectivity index (χ4n) is 1.79. The molecule has 0 saturated carbocycles. The number of nitrogens with zero attached hydrogens (tertiary/aromatic N) is 2. The summed E-state index contributed by atoms with van der Waals surface area (Å²) in [5.74, 6) is 1.31. The summed E-state index contributed by atoms with van der Waals surface area (Å²) >= 11 is 1.61. The molecule has 0 amide bonds. The van der Waals surface area contributed by atoms with Gasteiger partial charge in [-0.1, -0.05) is 18.1 Å². The summed E-state index contributed by atoms with van der Waals surface area (Å²) in [6, 6.07) is 4.18. The fraction of sp³-hybridized carbons (Fsp3) is 0.538. The highest BCUT2D eigenvalue weighted by atomic mass is 32.1. The summed E-state index contributed by atoms with van der Waals surface area (Å²) in [4.78, 5) is 5.45. The van der Waals surface area contributed by atoms with Crippen molar-refractivity contribution >= 4 is 11.3 Å². The van der Waals surface area contributed by atoms with Gasteiger partial charge in [0.15, 0.2) is 0 Å². The lowest BCUT2D eigenvalue weighted by atomic mass is 10.2. The van der Waals surface area contributed by atoms with Crippen molar-refractivity contribution in [3.8, 4) is 10.7 Å². The molecule has 1 unspecified atom stereocenters. The van der Waals surface area contributed by atoms with Gasteiger partial charge >= 0.3 is 0 Å². The predicted octanol–water partition coefficient (Wildman–Crippen LogP) is 2.36. The molecule has 19 heavy (non-hydrogen) atoms. The number of hydrogen-bond acceptors (Lipinski definition) is 6. The molecule has 0 saturated heterocycles. The van der Waals surface area contributed by atoms with E-state index in [1.54, 1.807) is 18.4 Å². The van der Waals surface area contributed by atoms with Crippen LogP contribution in [0.3, 0.4) is 0 Å². The van der Waals surface area contributed by atoms with E-state index in [9.17, 15) is 0 Å². The molecule has 2 aromatic rings. The van der Waals surface area contributed by atoms with E-state index in [-0.39, 0.29) is 6.04 Å². The number of rotatable bonds is 8. The van der Waals surface area contributed by atoms with Crippen LogP contribution < -0.4 is 5.32 Å². The molecule has 2 rings (SSSR count). The molecule has 0 radical (unpaired) electrons. The lowest BCUT2D eigenvalue weighted by Gasteiger charge is -2.15. The molecule has 1 N–H and O–H groups in total. The summed E-state index contributed by atoms with van der Waals surface area (Å²) in [7, 11) is 1.70. The topological polar surface area (TPSA) is 60.2 Å². The quantitative estimate of drug-likeness (QED) is 0.805. The molecule has 2 heterocycles. The second-order valence-electron chi connectivity index (χ2n) is 4.30. The second kappa shape index (κ2) is 7.37. The Labute approximate surface area is 117 Å². The summed E-state index contributed by atoms with van der Waals surface area (Å²) in [6.45, 7) is 3.73. The maximum absolute atomic E-state index is 5.30. The van der Waals surface area contributed by atoms with Crippen molar-refractivity contribution in [1.82, 2.24) is 15.5 Å². The van der Waals surface area contributed by atoms with Gasteiger partial charge in [-0.15, -0.1) is 11.3 Å². The summed E-state index contributed by atoms with van der Waals surface area (Å²) in [5.41, 5.74) is 0. The predicted molar refractivity (Wildman–Crippen MR) is 75.3 cm³/mol. The molecule has 104 valence electrons. The third-order valence-corrected chi connectivity index (χ3v) is 3.55. The van der Waals surface area contributed by atoms with Crippen molar-refractivity contribution in [2.75, 3.05) is 20.3 Å². The van der Waals surface area contributed by atoms with Crippen LogP contribution in [0.15, 0.2) is 22.0 Å². The minimum atomic E-state index is 0.210. The number of ether oxygens (including phenoxy) is 1. The van der Waals surface area contributed by atoms with E-state index in [0.29, 0.717) is 24.7 Å². The van der Waals surface area contributed by atoms with Gasteiger partial charge in [-0.2, -0.15) is 4.98 Å². The minimum absolute atomic E-state index is 0.210. The van der Waals surface area contributed by atoms with Gasteiger partial charge in [-0.25, -0.2) is 0 Å². The number of hydrogen-bond donors (Lipinski definition) is 1. The zero-order valence-electron chi connectivity index (χ0n) is 11.3. The Morgan fingerprint density at radius 2 is 2.42 bits per heavy atom. The fourth-order valence-corrected chi connectivity index (χ4v) is 2.44. The Bertz CT molecular complexity index is 470. The molecule has 0 aliphatic rings. The molecular formula is C13H19N3O2S. The third kappa shape index (κ3) is 4.12. The third-order valence-electron chi connectivity index (χ3n) is 2.68. The molecule has 2 aromatic heterocycles. The van der Waals surface area contributed by atoms with Crippen LogP contribution in [0.2, 0.25) is 0 Å². The highest BCUT2D eigenvalue weighted by Gasteiger charge is 2.15. The van der Waals surface area contributed by atoms with Crippen LogP contribution >= 0.6 is 11.3 Å². The van der Waals surface area contributed by atoms with E-state index in [2.05, 4.69) is 22.4 Å². The summed E-state index contributed by atoms with van der Waals surface area (Å²) in [6.07, 6.45) is 1.77. The monoisotopic (exact) mass is 281 g/mol. The standard InChI is InChI=1S/C13H19N3O2S/c1-3-6-14-10(9-17-2)8-12-15-13(16-18-12)11-5-4-7-19-11/h4-5,7,10,14H,3,6,8-9H2,1-2H3. The van der Waals surface area contributed by atoms with Crippen LogP contribution in [0.4, 0.5) is 0 Å². The first-order valence-electron chi connectivity index (χ1n) is 6.42. The highest BCUT2D eigenvalue weighted by Crippen LogP contribution is 2.21. The molecule has 0 aromatic carbocycles. The van der Waals surface area contributed by atoms with Crippen LogP contribution in [0, 0.1) is 0 Å². The first-order valence-corrected chi connectivity index (χ1v) is 7.30. The van der Waals surface area contributed by atoms with Crippen molar-refractivity contribution in [3.63, 3.8) is 0 Å². The smallest absolute Gasteiger partial charge is 0.228 e. The number of methoxy groups -OCH3 is 1. The molecule has 0 bridgehead atoms. The molecule has 1 atom stereocenters. The maximum atomic E-state index is 5.30. The van der Waals surface area contributed by atoms with Gasteiger partial charge in [0.1, 0.15) is 0 Å². The number of thiophene rings is 1. The van der Waals surface area contributed by atoms with Crippen LogP contribution in [0.5, 0.6) is 0 Å². The van der Waals surface area contributed by atoms with Gasteiger partial charge in [0, 0.05) is 19.6 Å². The zero-order valence-corrected chi connectivity index (χ0v) is 12.1. The molecule has 6 heteroatoms. The molecular weight excluding hydrogens is 262 g/mol. The van der Waals surface area contributed by atoms with Crippen molar-refractivity contribution in [2.45, 2.75) is 25.8 Å². The zero-order chi connectivity index (χ0) is 13.5. The van der Waals surface area contributed by atoms with Crippen LogP contribution in [0.1, 0.15) is 19.2 Å². The van der Waals surface area contributed by atoms with Crippen LogP contribution in [-0.2, 0) is 11.2 Å².